The van der Waals surface area contributed by atoms with Gasteiger partial charge in [-0.3, -0.25) is 4.68 Å². The smallest absolute Gasteiger partial charge is 0.120 e. The molecule has 0 fully saturated rings. The summed E-state index contributed by atoms with van der Waals surface area (Å²) in [7, 11) is 1.92. The summed E-state index contributed by atoms with van der Waals surface area (Å²) in [5, 5.41) is 7.59. The van der Waals surface area contributed by atoms with Crippen LogP contribution in [0.5, 0.6) is 0 Å². The second kappa shape index (κ2) is 4.99. The second-order valence-corrected chi connectivity index (χ2v) is 3.88. The molecule has 2 heterocycles. The third kappa shape index (κ3) is 2.52. The molecule has 4 nitrogen and oxygen atoms in total. The number of nitrogens with one attached hydrogen (secondary N) is 1. The molecule has 16 heavy (non-hydrogen) atoms. The van der Waals surface area contributed by atoms with E-state index in [1.165, 1.54) is 5.56 Å². The zero-order chi connectivity index (χ0) is 11.4. The van der Waals surface area contributed by atoms with Crippen molar-refractivity contribution in [1.29, 1.82) is 0 Å². The summed E-state index contributed by atoms with van der Waals surface area (Å²) >= 11 is 0. The Labute approximate surface area is 95.3 Å². The molecule has 1 N–H and O–H groups in total. The van der Waals surface area contributed by atoms with Crippen LogP contribution in [-0.2, 0) is 13.6 Å². The number of hydrogen-bond acceptors (Lipinski definition) is 3. The molecule has 0 aliphatic rings. The number of aromatic nitrogens is 2. The van der Waals surface area contributed by atoms with Gasteiger partial charge in [0, 0.05) is 25.4 Å². The van der Waals surface area contributed by atoms with E-state index in [9.17, 15) is 0 Å². The van der Waals surface area contributed by atoms with Crippen LogP contribution in [0, 0.1) is 0 Å². The first-order valence-corrected chi connectivity index (χ1v) is 5.54. The van der Waals surface area contributed by atoms with Gasteiger partial charge in [-0.15, -0.1) is 0 Å². The molecule has 2 aromatic heterocycles. The monoisotopic (exact) mass is 219 g/mol. The third-order valence-corrected chi connectivity index (χ3v) is 2.61. The van der Waals surface area contributed by atoms with Crippen LogP contribution in [0.1, 0.15) is 30.7 Å². The van der Waals surface area contributed by atoms with Gasteiger partial charge in [-0.05, 0) is 18.6 Å². The summed E-state index contributed by atoms with van der Waals surface area (Å²) in [6.45, 7) is 2.95. The zero-order valence-corrected chi connectivity index (χ0v) is 9.68. The largest absolute Gasteiger partial charge is 0.468 e. The number of hydrogen-bond donors (Lipinski definition) is 1. The molecule has 0 radical (unpaired) electrons. The fourth-order valence-corrected chi connectivity index (χ4v) is 1.74. The summed E-state index contributed by atoms with van der Waals surface area (Å²) in [6.07, 6.45) is 6.61. The van der Waals surface area contributed by atoms with Crippen LogP contribution in [-0.4, -0.2) is 9.78 Å². The second-order valence-electron chi connectivity index (χ2n) is 3.88. The molecule has 0 bridgehead atoms. The first-order valence-electron chi connectivity index (χ1n) is 5.54. The highest BCUT2D eigenvalue weighted by Gasteiger charge is 2.11. The van der Waals surface area contributed by atoms with Crippen LogP contribution in [0.2, 0.25) is 0 Å². The van der Waals surface area contributed by atoms with Crippen molar-refractivity contribution in [2.75, 3.05) is 0 Å². The summed E-state index contributed by atoms with van der Waals surface area (Å²) < 4.78 is 7.21. The Hall–Kier alpha value is -1.55. The van der Waals surface area contributed by atoms with Gasteiger partial charge in [-0.1, -0.05) is 6.92 Å². The van der Waals surface area contributed by atoms with Crippen LogP contribution in [0.25, 0.3) is 0 Å². The van der Waals surface area contributed by atoms with Crippen molar-refractivity contribution in [3.8, 4) is 0 Å². The van der Waals surface area contributed by atoms with Crippen LogP contribution in [0.4, 0.5) is 0 Å². The van der Waals surface area contributed by atoms with E-state index in [0.717, 1.165) is 18.7 Å². The fraction of sp³-hybridized carbons (Fsp3) is 0.417. The van der Waals surface area contributed by atoms with Crippen molar-refractivity contribution in [3.05, 3.63) is 42.1 Å². The lowest BCUT2D eigenvalue weighted by molar-refractivity contribution is 0.403. The zero-order valence-electron chi connectivity index (χ0n) is 9.68. The minimum atomic E-state index is 0.273. The predicted octanol–water partition coefficient (Wildman–Crippen LogP) is 2.25. The normalized spacial score (nSPS) is 12.9. The van der Waals surface area contributed by atoms with Crippen LogP contribution < -0.4 is 5.32 Å². The maximum Gasteiger partial charge on any atom is 0.120 e. The van der Waals surface area contributed by atoms with E-state index in [2.05, 4.69) is 17.3 Å². The average Bonchev–Trinajstić information content (AvgIpc) is 2.91. The lowest BCUT2D eigenvalue weighted by Crippen LogP contribution is -2.19. The van der Waals surface area contributed by atoms with Gasteiger partial charge in [-0.2, -0.15) is 5.10 Å². The minimum Gasteiger partial charge on any atom is -0.468 e. The molecule has 0 spiro atoms. The molecule has 0 amide bonds. The average molecular weight is 219 g/mol. The first kappa shape index (κ1) is 11.0. The SMILES string of the molecule is CCC(NCc1cnn(C)c1)c1ccco1. The number of aryl methyl sites for hydroxylation is 1. The van der Waals surface area contributed by atoms with Gasteiger partial charge in [-0.25, -0.2) is 0 Å². The van der Waals surface area contributed by atoms with Crippen LogP contribution >= 0.6 is 0 Å². The number of nitrogens with zero attached hydrogens (tertiary/aromatic N) is 2. The Balaban J connectivity index is 1.93. The number of rotatable bonds is 5. The van der Waals surface area contributed by atoms with E-state index in [1.807, 2.05) is 36.3 Å². The van der Waals surface area contributed by atoms with Crippen molar-refractivity contribution in [2.45, 2.75) is 25.9 Å². The van der Waals surface area contributed by atoms with Gasteiger partial charge < -0.3 is 9.73 Å². The van der Waals surface area contributed by atoms with Gasteiger partial charge in [0.1, 0.15) is 5.76 Å². The van der Waals surface area contributed by atoms with Crippen LogP contribution in [0.15, 0.2) is 35.2 Å². The van der Waals surface area contributed by atoms with E-state index in [1.54, 1.807) is 6.26 Å². The number of furan rings is 1. The molecule has 0 saturated carbocycles. The summed E-state index contributed by atoms with van der Waals surface area (Å²) in [6, 6.07) is 4.20. The molecule has 1 atom stereocenters. The van der Waals surface area contributed by atoms with Gasteiger partial charge in [0.05, 0.1) is 18.5 Å². The first-order chi connectivity index (χ1) is 7.79. The summed E-state index contributed by atoms with van der Waals surface area (Å²) in [4.78, 5) is 0. The molecule has 86 valence electrons. The van der Waals surface area contributed by atoms with Crippen molar-refractivity contribution in [3.63, 3.8) is 0 Å². The van der Waals surface area contributed by atoms with Gasteiger partial charge in [0.2, 0.25) is 0 Å². The molecule has 2 rings (SSSR count). The van der Waals surface area contributed by atoms with E-state index >= 15 is 0 Å². The maximum absolute atomic E-state index is 5.40. The standard InChI is InChI=1S/C12H17N3O/c1-3-11(12-5-4-6-16-12)13-7-10-8-14-15(2)9-10/h4-6,8-9,11,13H,3,7H2,1-2H3. The molecule has 0 aliphatic heterocycles. The van der Waals surface area contributed by atoms with Crippen molar-refractivity contribution in [1.82, 2.24) is 15.1 Å². The highest BCUT2D eigenvalue weighted by Crippen LogP contribution is 2.17. The molecule has 1 unspecified atom stereocenters. The highest BCUT2D eigenvalue weighted by atomic mass is 16.3. The van der Waals surface area contributed by atoms with Crippen molar-refractivity contribution < 1.29 is 4.42 Å². The lowest BCUT2D eigenvalue weighted by atomic mass is 10.1. The topological polar surface area (TPSA) is 43.0 Å². The van der Waals surface area contributed by atoms with Crippen LogP contribution in [0.3, 0.4) is 0 Å². The molecule has 0 aliphatic carbocycles. The molecular formula is C12H17N3O. The van der Waals surface area contributed by atoms with Gasteiger partial charge >= 0.3 is 0 Å². The minimum absolute atomic E-state index is 0.273. The Morgan fingerprint density at radius 3 is 3.00 bits per heavy atom. The van der Waals surface area contributed by atoms with E-state index < -0.39 is 0 Å². The third-order valence-electron chi connectivity index (χ3n) is 2.61. The van der Waals surface area contributed by atoms with Gasteiger partial charge in [0.15, 0.2) is 0 Å². The Morgan fingerprint density at radius 2 is 2.44 bits per heavy atom. The lowest BCUT2D eigenvalue weighted by Gasteiger charge is -2.13. The Kier molecular flexibility index (Phi) is 3.41. The van der Waals surface area contributed by atoms with Gasteiger partial charge in [0.25, 0.3) is 0 Å². The highest BCUT2D eigenvalue weighted by molar-refractivity contribution is 5.07. The summed E-state index contributed by atoms with van der Waals surface area (Å²) in [5.41, 5.74) is 1.19. The molecular weight excluding hydrogens is 202 g/mol. The fourth-order valence-electron chi connectivity index (χ4n) is 1.74. The summed E-state index contributed by atoms with van der Waals surface area (Å²) in [5.74, 6) is 0.992. The molecule has 4 heteroatoms. The molecule has 2 aromatic rings. The Morgan fingerprint density at radius 1 is 1.56 bits per heavy atom. The van der Waals surface area contributed by atoms with Crippen molar-refractivity contribution in [2.24, 2.45) is 7.05 Å². The molecule has 0 saturated heterocycles. The van der Waals surface area contributed by atoms with E-state index in [4.69, 9.17) is 4.42 Å². The quantitative estimate of drug-likeness (QED) is 0.838. The van der Waals surface area contributed by atoms with E-state index in [-0.39, 0.29) is 6.04 Å². The van der Waals surface area contributed by atoms with E-state index in [0.29, 0.717) is 0 Å². The predicted molar refractivity (Wildman–Crippen MR) is 61.8 cm³/mol. The maximum atomic E-state index is 5.40. The Bertz CT molecular complexity index is 419. The van der Waals surface area contributed by atoms with Crippen molar-refractivity contribution >= 4 is 0 Å². The molecule has 0 aromatic carbocycles.